The van der Waals surface area contributed by atoms with E-state index in [9.17, 15) is 9.90 Å². The molecule has 0 aromatic rings. The van der Waals surface area contributed by atoms with Crippen LogP contribution in [0.1, 0.15) is 40.0 Å². The van der Waals surface area contributed by atoms with Crippen LogP contribution in [0.5, 0.6) is 0 Å². The molecule has 2 rings (SSSR count). The summed E-state index contributed by atoms with van der Waals surface area (Å²) in [5, 5.41) is 10.2. The summed E-state index contributed by atoms with van der Waals surface area (Å²) in [4.78, 5) is 11.3. The Morgan fingerprint density at radius 1 is 1.53 bits per heavy atom. The van der Waals surface area contributed by atoms with Crippen LogP contribution < -0.4 is 0 Å². The zero-order valence-electron chi connectivity index (χ0n) is 9.69. The van der Waals surface area contributed by atoms with E-state index in [-0.39, 0.29) is 23.4 Å². The molecule has 1 saturated heterocycles. The first-order chi connectivity index (χ1) is 6.94. The molecular formula is C12H20O3. The van der Waals surface area contributed by atoms with Crippen molar-refractivity contribution in [2.45, 2.75) is 52.2 Å². The SMILES string of the molecule is CC(C)[C@H]1CC[C@]2(C)CC(=O)O[C@@H]2[C@H]1O. The van der Waals surface area contributed by atoms with E-state index in [0.29, 0.717) is 12.3 Å². The molecule has 15 heavy (non-hydrogen) atoms. The topological polar surface area (TPSA) is 46.5 Å². The summed E-state index contributed by atoms with van der Waals surface area (Å²) in [5.41, 5.74) is -0.123. The van der Waals surface area contributed by atoms with Gasteiger partial charge in [0.2, 0.25) is 0 Å². The number of carbonyl (C=O) groups is 1. The third kappa shape index (κ3) is 1.67. The molecule has 3 nitrogen and oxygen atoms in total. The summed E-state index contributed by atoms with van der Waals surface area (Å²) in [7, 11) is 0. The molecule has 1 heterocycles. The van der Waals surface area contributed by atoms with Gasteiger partial charge in [-0.3, -0.25) is 4.79 Å². The predicted octanol–water partition coefficient (Wildman–Crippen LogP) is 1.74. The number of ether oxygens (including phenoxy) is 1. The van der Waals surface area contributed by atoms with Gasteiger partial charge in [-0.1, -0.05) is 20.8 Å². The van der Waals surface area contributed by atoms with Crippen LogP contribution in [0, 0.1) is 17.3 Å². The van der Waals surface area contributed by atoms with Crippen LogP contribution in [0.15, 0.2) is 0 Å². The largest absolute Gasteiger partial charge is 0.459 e. The van der Waals surface area contributed by atoms with Gasteiger partial charge < -0.3 is 9.84 Å². The maximum Gasteiger partial charge on any atom is 0.306 e. The van der Waals surface area contributed by atoms with Crippen LogP contribution in [0.2, 0.25) is 0 Å². The van der Waals surface area contributed by atoms with Crippen molar-refractivity contribution in [1.82, 2.24) is 0 Å². The Bertz CT molecular complexity index is 274. The fraction of sp³-hybridized carbons (Fsp3) is 0.917. The second-order valence-corrected chi connectivity index (χ2v) is 5.68. The Kier molecular flexibility index (Phi) is 2.53. The summed E-state index contributed by atoms with van der Waals surface area (Å²) in [6, 6.07) is 0. The molecule has 1 saturated carbocycles. The van der Waals surface area contributed by atoms with Crippen LogP contribution in [0.25, 0.3) is 0 Å². The Morgan fingerprint density at radius 2 is 2.20 bits per heavy atom. The summed E-state index contributed by atoms with van der Waals surface area (Å²) in [6.45, 7) is 6.29. The van der Waals surface area contributed by atoms with Gasteiger partial charge in [-0.2, -0.15) is 0 Å². The first kappa shape index (κ1) is 10.9. The highest BCUT2D eigenvalue weighted by molar-refractivity contribution is 5.73. The van der Waals surface area contributed by atoms with Crippen molar-refractivity contribution in [1.29, 1.82) is 0 Å². The number of hydrogen-bond donors (Lipinski definition) is 1. The minimum Gasteiger partial charge on any atom is -0.459 e. The Hall–Kier alpha value is -0.570. The number of rotatable bonds is 1. The van der Waals surface area contributed by atoms with Gasteiger partial charge in [0.05, 0.1) is 12.5 Å². The molecule has 0 amide bonds. The predicted molar refractivity (Wildman–Crippen MR) is 56.2 cm³/mol. The van der Waals surface area contributed by atoms with E-state index in [4.69, 9.17) is 4.74 Å². The van der Waals surface area contributed by atoms with Crippen molar-refractivity contribution in [3.63, 3.8) is 0 Å². The minimum atomic E-state index is -0.477. The van der Waals surface area contributed by atoms with E-state index >= 15 is 0 Å². The lowest BCUT2D eigenvalue weighted by atomic mass is 9.65. The highest BCUT2D eigenvalue weighted by atomic mass is 16.6. The molecule has 0 spiro atoms. The maximum absolute atomic E-state index is 11.3. The lowest BCUT2D eigenvalue weighted by Gasteiger charge is -2.42. The number of aliphatic hydroxyl groups excluding tert-OH is 1. The third-order valence-corrected chi connectivity index (χ3v) is 4.15. The average molecular weight is 212 g/mol. The van der Waals surface area contributed by atoms with Crippen LogP contribution >= 0.6 is 0 Å². The first-order valence-electron chi connectivity index (χ1n) is 5.81. The Balaban J connectivity index is 2.19. The lowest BCUT2D eigenvalue weighted by molar-refractivity contribution is -0.154. The highest BCUT2D eigenvalue weighted by Gasteiger charge is 2.54. The molecule has 1 aliphatic carbocycles. The summed E-state index contributed by atoms with van der Waals surface area (Å²) in [5.74, 6) is 0.573. The van der Waals surface area contributed by atoms with E-state index in [2.05, 4.69) is 20.8 Å². The Labute approximate surface area is 90.8 Å². The van der Waals surface area contributed by atoms with Crippen LogP contribution in [0.3, 0.4) is 0 Å². The van der Waals surface area contributed by atoms with Gasteiger partial charge in [-0.25, -0.2) is 0 Å². The molecule has 0 aromatic carbocycles. The average Bonchev–Trinajstić information content (AvgIpc) is 2.41. The van der Waals surface area contributed by atoms with Gasteiger partial charge in [0.15, 0.2) is 0 Å². The van der Waals surface area contributed by atoms with Crippen molar-refractivity contribution < 1.29 is 14.6 Å². The molecule has 1 N–H and O–H groups in total. The van der Waals surface area contributed by atoms with E-state index in [1.54, 1.807) is 0 Å². The van der Waals surface area contributed by atoms with Gasteiger partial charge in [0.25, 0.3) is 0 Å². The van der Waals surface area contributed by atoms with Gasteiger partial charge >= 0.3 is 5.97 Å². The van der Waals surface area contributed by atoms with E-state index in [1.165, 1.54) is 0 Å². The molecule has 0 bridgehead atoms. The second kappa shape index (κ2) is 3.48. The van der Waals surface area contributed by atoms with Gasteiger partial charge in [-0.05, 0) is 24.7 Å². The quantitative estimate of drug-likeness (QED) is 0.673. The fourth-order valence-electron chi connectivity index (χ4n) is 3.09. The number of esters is 1. The van der Waals surface area contributed by atoms with Crippen LogP contribution in [-0.4, -0.2) is 23.3 Å². The van der Waals surface area contributed by atoms with Gasteiger partial charge in [0.1, 0.15) is 6.10 Å². The number of aliphatic hydroxyl groups is 1. The lowest BCUT2D eigenvalue weighted by Crippen LogP contribution is -2.48. The highest BCUT2D eigenvalue weighted by Crippen LogP contribution is 2.48. The zero-order chi connectivity index (χ0) is 11.2. The van der Waals surface area contributed by atoms with Crippen LogP contribution in [-0.2, 0) is 9.53 Å². The maximum atomic E-state index is 11.3. The van der Waals surface area contributed by atoms with E-state index in [0.717, 1.165) is 12.8 Å². The summed E-state index contributed by atoms with van der Waals surface area (Å²) >= 11 is 0. The molecule has 86 valence electrons. The summed E-state index contributed by atoms with van der Waals surface area (Å²) in [6.07, 6.45) is 1.71. The molecule has 1 aliphatic heterocycles. The Morgan fingerprint density at radius 3 is 2.80 bits per heavy atom. The van der Waals surface area contributed by atoms with Crippen molar-refractivity contribution in [2.24, 2.45) is 17.3 Å². The molecule has 0 aromatic heterocycles. The van der Waals surface area contributed by atoms with Gasteiger partial charge in [0, 0.05) is 5.41 Å². The molecule has 4 atom stereocenters. The fourth-order valence-corrected chi connectivity index (χ4v) is 3.09. The zero-order valence-corrected chi connectivity index (χ0v) is 9.69. The van der Waals surface area contributed by atoms with Crippen molar-refractivity contribution in [3.8, 4) is 0 Å². The van der Waals surface area contributed by atoms with Crippen LogP contribution in [0.4, 0.5) is 0 Å². The molecule has 2 fully saturated rings. The molecular weight excluding hydrogens is 192 g/mol. The third-order valence-electron chi connectivity index (χ3n) is 4.15. The molecule has 3 heteroatoms. The molecule has 0 radical (unpaired) electrons. The van der Waals surface area contributed by atoms with Gasteiger partial charge in [-0.15, -0.1) is 0 Å². The summed E-state index contributed by atoms with van der Waals surface area (Å²) < 4.78 is 5.27. The number of hydrogen-bond acceptors (Lipinski definition) is 3. The second-order valence-electron chi connectivity index (χ2n) is 5.68. The monoisotopic (exact) mass is 212 g/mol. The normalized spacial score (nSPS) is 45.4. The number of carbonyl (C=O) groups excluding carboxylic acids is 1. The molecule has 2 aliphatic rings. The van der Waals surface area contributed by atoms with Crippen molar-refractivity contribution in [3.05, 3.63) is 0 Å². The number of fused-ring (bicyclic) bond motifs is 1. The minimum absolute atomic E-state index is 0.123. The first-order valence-corrected chi connectivity index (χ1v) is 5.81. The smallest absolute Gasteiger partial charge is 0.306 e. The van der Waals surface area contributed by atoms with Crippen molar-refractivity contribution >= 4 is 5.97 Å². The van der Waals surface area contributed by atoms with Crippen molar-refractivity contribution in [2.75, 3.05) is 0 Å². The van der Waals surface area contributed by atoms with E-state index in [1.807, 2.05) is 0 Å². The van der Waals surface area contributed by atoms with E-state index < -0.39 is 6.10 Å². The molecule has 0 unspecified atom stereocenters. The standard InChI is InChI=1S/C12H20O3/c1-7(2)8-4-5-12(3)6-9(13)15-11(12)10(8)14/h7-8,10-11,14H,4-6H2,1-3H3/t8-,10+,11-,12-/m1/s1.